The largest absolute Gasteiger partial charge is 0.384 e. The number of rotatable bonds is 6. The molecule has 100 valence electrons. The predicted octanol–water partition coefficient (Wildman–Crippen LogP) is 3.30. The highest BCUT2D eigenvalue weighted by atomic mass is 16.2. The number of hydrogen-bond acceptors (Lipinski definition) is 2. The van der Waals surface area contributed by atoms with Gasteiger partial charge in [-0.1, -0.05) is 13.0 Å². The van der Waals surface area contributed by atoms with E-state index in [-0.39, 0.29) is 5.91 Å². The smallest absolute Gasteiger partial charge is 0.255 e. The van der Waals surface area contributed by atoms with Crippen LogP contribution in [0.4, 0.5) is 5.69 Å². The quantitative estimate of drug-likeness (QED) is 0.837. The van der Waals surface area contributed by atoms with Gasteiger partial charge in [0, 0.05) is 25.3 Å². The maximum atomic E-state index is 12.4. The highest BCUT2D eigenvalue weighted by Gasteiger charge is 2.16. The van der Waals surface area contributed by atoms with Gasteiger partial charge in [-0.3, -0.25) is 4.79 Å². The van der Waals surface area contributed by atoms with E-state index in [4.69, 9.17) is 0 Å². The van der Waals surface area contributed by atoms with Crippen molar-refractivity contribution in [1.82, 2.24) is 4.90 Å². The van der Waals surface area contributed by atoms with Crippen LogP contribution in [0.5, 0.6) is 0 Å². The first-order valence-electron chi connectivity index (χ1n) is 6.77. The molecule has 0 heterocycles. The number of aryl methyl sites for hydroxylation is 1. The third-order valence-electron chi connectivity index (χ3n) is 3.02. The van der Waals surface area contributed by atoms with Crippen LogP contribution < -0.4 is 5.32 Å². The summed E-state index contributed by atoms with van der Waals surface area (Å²) in [6.45, 7) is 10.6. The lowest BCUT2D eigenvalue weighted by Gasteiger charge is -2.21. The maximum Gasteiger partial charge on any atom is 0.255 e. The van der Waals surface area contributed by atoms with Crippen molar-refractivity contribution in [3.63, 3.8) is 0 Å². The molecule has 0 unspecified atom stereocenters. The lowest BCUT2D eigenvalue weighted by Crippen LogP contribution is -2.31. The Hall–Kier alpha value is -1.51. The Kier molecular flexibility index (Phi) is 5.69. The second-order valence-corrected chi connectivity index (χ2v) is 4.45. The van der Waals surface area contributed by atoms with Crippen LogP contribution in [0.2, 0.25) is 0 Å². The number of hydrogen-bond donors (Lipinski definition) is 1. The van der Waals surface area contributed by atoms with Crippen molar-refractivity contribution in [1.29, 1.82) is 0 Å². The van der Waals surface area contributed by atoms with Crippen LogP contribution in [0.25, 0.3) is 0 Å². The molecular weight excluding hydrogens is 224 g/mol. The van der Waals surface area contributed by atoms with Gasteiger partial charge in [-0.2, -0.15) is 0 Å². The minimum Gasteiger partial charge on any atom is -0.384 e. The molecule has 0 aromatic heterocycles. The average molecular weight is 248 g/mol. The number of carbonyl (C=O) groups excluding carboxylic acids is 1. The molecule has 1 aromatic carbocycles. The lowest BCUT2D eigenvalue weighted by atomic mass is 10.1. The van der Waals surface area contributed by atoms with Crippen molar-refractivity contribution in [2.45, 2.75) is 34.1 Å². The summed E-state index contributed by atoms with van der Waals surface area (Å²) < 4.78 is 0. The van der Waals surface area contributed by atoms with Crippen molar-refractivity contribution in [2.24, 2.45) is 0 Å². The first kappa shape index (κ1) is 14.6. The third kappa shape index (κ3) is 3.49. The molecule has 1 amide bonds. The number of nitrogens with one attached hydrogen (secondary N) is 1. The Morgan fingerprint density at radius 2 is 1.89 bits per heavy atom. The standard InChI is InChI=1S/C15H24N2O/c1-5-10-16-14-11-12(4)8-9-13(14)15(18)17(6-2)7-3/h8-9,11,16H,5-7,10H2,1-4H3. The van der Waals surface area contributed by atoms with E-state index in [0.29, 0.717) is 0 Å². The SMILES string of the molecule is CCCNc1cc(C)ccc1C(=O)N(CC)CC. The average Bonchev–Trinajstić information content (AvgIpc) is 2.37. The molecule has 0 saturated carbocycles. The molecule has 0 aliphatic heterocycles. The predicted molar refractivity (Wildman–Crippen MR) is 77.2 cm³/mol. The van der Waals surface area contributed by atoms with Gasteiger partial charge in [-0.15, -0.1) is 0 Å². The first-order chi connectivity index (χ1) is 8.63. The fraction of sp³-hybridized carbons (Fsp3) is 0.533. The molecule has 0 saturated heterocycles. The zero-order chi connectivity index (χ0) is 13.5. The van der Waals surface area contributed by atoms with E-state index in [2.05, 4.69) is 12.2 Å². The van der Waals surface area contributed by atoms with Gasteiger partial charge in [-0.25, -0.2) is 0 Å². The summed E-state index contributed by atoms with van der Waals surface area (Å²) in [5, 5.41) is 3.34. The molecule has 0 aliphatic carbocycles. The molecule has 0 radical (unpaired) electrons. The maximum absolute atomic E-state index is 12.4. The van der Waals surface area contributed by atoms with Gasteiger partial charge in [0.05, 0.1) is 5.56 Å². The Balaban J connectivity index is 3.02. The summed E-state index contributed by atoms with van der Waals surface area (Å²) in [5.41, 5.74) is 2.90. The molecule has 0 spiro atoms. The Bertz CT molecular complexity index is 397. The van der Waals surface area contributed by atoms with E-state index >= 15 is 0 Å². The summed E-state index contributed by atoms with van der Waals surface area (Å²) in [6, 6.07) is 5.97. The molecule has 0 atom stereocenters. The minimum absolute atomic E-state index is 0.110. The molecule has 18 heavy (non-hydrogen) atoms. The minimum atomic E-state index is 0.110. The highest BCUT2D eigenvalue weighted by Crippen LogP contribution is 2.19. The highest BCUT2D eigenvalue weighted by molar-refractivity contribution is 5.99. The van der Waals surface area contributed by atoms with Crippen molar-refractivity contribution in [3.05, 3.63) is 29.3 Å². The summed E-state index contributed by atoms with van der Waals surface area (Å²) in [5.74, 6) is 0.110. The zero-order valence-corrected chi connectivity index (χ0v) is 11.9. The van der Waals surface area contributed by atoms with Crippen molar-refractivity contribution < 1.29 is 4.79 Å². The second kappa shape index (κ2) is 7.04. The Morgan fingerprint density at radius 3 is 2.44 bits per heavy atom. The van der Waals surface area contributed by atoms with Gasteiger partial charge in [-0.05, 0) is 44.9 Å². The van der Waals surface area contributed by atoms with Gasteiger partial charge in [0.1, 0.15) is 0 Å². The van der Waals surface area contributed by atoms with E-state index < -0.39 is 0 Å². The van der Waals surface area contributed by atoms with Gasteiger partial charge in [0.25, 0.3) is 5.91 Å². The van der Waals surface area contributed by atoms with Crippen LogP contribution in [0.1, 0.15) is 43.1 Å². The molecule has 3 heteroatoms. The number of carbonyl (C=O) groups is 1. The molecule has 1 rings (SSSR count). The van der Waals surface area contributed by atoms with E-state index in [1.54, 1.807) is 0 Å². The van der Waals surface area contributed by atoms with Crippen LogP contribution in [0, 0.1) is 6.92 Å². The van der Waals surface area contributed by atoms with E-state index in [9.17, 15) is 4.79 Å². The van der Waals surface area contributed by atoms with E-state index in [0.717, 1.165) is 37.3 Å². The first-order valence-corrected chi connectivity index (χ1v) is 6.77. The van der Waals surface area contributed by atoms with Crippen LogP contribution >= 0.6 is 0 Å². The van der Waals surface area contributed by atoms with Crippen LogP contribution in [0.15, 0.2) is 18.2 Å². The van der Waals surface area contributed by atoms with Crippen molar-refractivity contribution in [3.8, 4) is 0 Å². The summed E-state index contributed by atoms with van der Waals surface area (Å²) in [6.07, 6.45) is 1.05. The third-order valence-corrected chi connectivity index (χ3v) is 3.02. The number of benzene rings is 1. The molecule has 0 fully saturated rings. The molecule has 0 bridgehead atoms. The Morgan fingerprint density at radius 1 is 1.22 bits per heavy atom. The second-order valence-electron chi connectivity index (χ2n) is 4.45. The molecule has 1 N–H and O–H groups in total. The van der Waals surface area contributed by atoms with E-state index in [1.165, 1.54) is 5.56 Å². The number of anilines is 1. The van der Waals surface area contributed by atoms with Crippen molar-refractivity contribution in [2.75, 3.05) is 25.0 Å². The summed E-state index contributed by atoms with van der Waals surface area (Å²) in [4.78, 5) is 14.2. The topological polar surface area (TPSA) is 32.3 Å². The van der Waals surface area contributed by atoms with Crippen LogP contribution in [-0.2, 0) is 0 Å². The summed E-state index contributed by atoms with van der Waals surface area (Å²) >= 11 is 0. The monoisotopic (exact) mass is 248 g/mol. The number of nitrogens with zero attached hydrogens (tertiary/aromatic N) is 1. The molecule has 3 nitrogen and oxygen atoms in total. The normalized spacial score (nSPS) is 10.2. The fourth-order valence-corrected chi connectivity index (χ4v) is 1.93. The van der Waals surface area contributed by atoms with Gasteiger partial charge in [0.2, 0.25) is 0 Å². The van der Waals surface area contributed by atoms with Gasteiger partial charge in [0.15, 0.2) is 0 Å². The lowest BCUT2D eigenvalue weighted by molar-refractivity contribution is 0.0774. The van der Waals surface area contributed by atoms with Gasteiger partial charge >= 0.3 is 0 Å². The van der Waals surface area contributed by atoms with Gasteiger partial charge < -0.3 is 10.2 Å². The molecule has 0 aliphatic rings. The number of amides is 1. The van der Waals surface area contributed by atoms with Crippen LogP contribution in [-0.4, -0.2) is 30.4 Å². The van der Waals surface area contributed by atoms with E-state index in [1.807, 2.05) is 43.9 Å². The Labute approximate surface area is 110 Å². The molecular formula is C15H24N2O. The fourth-order valence-electron chi connectivity index (χ4n) is 1.93. The van der Waals surface area contributed by atoms with Crippen molar-refractivity contribution >= 4 is 11.6 Å². The zero-order valence-electron chi connectivity index (χ0n) is 11.9. The summed E-state index contributed by atoms with van der Waals surface area (Å²) in [7, 11) is 0. The van der Waals surface area contributed by atoms with Crippen LogP contribution in [0.3, 0.4) is 0 Å². The molecule has 1 aromatic rings.